The van der Waals surface area contributed by atoms with Crippen LogP contribution < -0.4 is 10.2 Å². The molecule has 7 nitrogen and oxygen atoms in total. The van der Waals surface area contributed by atoms with Gasteiger partial charge in [0.25, 0.3) is 0 Å². The standard InChI is InChI=1S/C27H35N3O4S/c31-23-14-13-21(25-24(23)29-26(32)35-25)15-17-30(27(33)34-19-20-9-5-4-6-10-20)18-16-28-22-11-7-2-1-3-8-12-22/h4-6,9-10,13-14,22,28,31H,1-3,7-8,11-12,15-19H2,(H,29,32). The highest BCUT2D eigenvalue weighted by Crippen LogP contribution is 2.28. The van der Waals surface area contributed by atoms with E-state index in [9.17, 15) is 14.7 Å². The van der Waals surface area contributed by atoms with Gasteiger partial charge in [0.1, 0.15) is 17.9 Å². The smallest absolute Gasteiger partial charge is 0.410 e. The summed E-state index contributed by atoms with van der Waals surface area (Å²) in [5, 5.41) is 13.7. The lowest BCUT2D eigenvalue weighted by atomic mass is 9.97. The Bertz CT molecular complexity index is 1140. The van der Waals surface area contributed by atoms with Gasteiger partial charge < -0.3 is 25.0 Å². The third-order valence-electron chi connectivity index (χ3n) is 6.67. The molecule has 1 aliphatic rings. The number of hydrogen-bond acceptors (Lipinski definition) is 6. The highest BCUT2D eigenvalue weighted by atomic mass is 32.1. The molecule has 1 aliphatic carbocycles. The molecule has 3 N–H and O–H groups in total. The predicted octanol–water partition coefficient (Wildman–Crippen LogP) is 5.18. The fraction of sp³-hybridized carbons (Fsp3) is 0.481. The molecule has 1 amide bonds. The first kappa shape index (κ1) is 25.3. The third kappa shape index (κ3) is 7.32. The molecule has 2 aromatic carbocycles. The number of nitrogens with one attached hydrogen (secondary N) is 2. The van der Waals surface area contributed by atoms with Crippen LogP contribution in [0.4, 0.5) is 4.79 Å². The highest BCUT2D eigenvalue weighted by Gasteiger charge is 2.18. The van der Waals surface area contributed by atoms with Crippen molar-refractivity contribution in [2.24, 2.45) is 0 Å². The van der Waals surface area contributed by atoms with Gasteiger partial charge in [-0.15, -0.1) is 0 Å². The first-order valence-electron chi connectivity index (χ1n) is 12.6. The van der Waals surface area contributed by atoms with Crippen molar-refractivity contribution in [3.63, 3.8) is 0 Å². The van der Waals surface area contributed by atoms with Crippen LogP contribution in [0.5, 0.6) is 5.75 Å². The van der Waals surface area contributed by atoms with E-state index >= 15 is 0 Å². The van der Waals surface area contributed by atoms with Crippen molar-refractivity contribution in [3.8, 4) is 5.75 Å². The van der Waals surface area contributed by atoms with Crippen LogP contribution in [0.2, 0.25) is 0 Å². The Kier molecular flexibility index (Phi) is 9.20. The molecule has 8 heteroatoms. The fourth-order valence-corrected chi connectivity index (χ4v) is 5.59. The van der Waals surface area contributed by atoms with E-state index in [1.54, 1.807) is 11.0 Å². The zero-order valence-corrected chi connectivity index (χ0v) is 20.9. The van der Waals surface area contributed by atoms with Gasteiger partial charge in [0.05, 0.1) is 4.70 Å². The summed E-state index contributed by atoms with van der Waals surface area (Å²) >= 11 is 1.08. The molecule has 35 heavy (non-hydrogen) atoms. The number of H-pyrrole nitrogens is 1. The van der Waals surface area contributed by atoms with E-state index in [0.29, 0.717) is 37.6 Å². The van der Waals surface area contributed by atoms with Gasteiger partial charge in [-0.1, -0.05) is 79.8 Å². The van der Waals surface area contributed by atoms with Crippen molar-refractivity contribution < 1.29 is 14.6 Å². The van der Waals surface area contributed by atoms with E-state index in [1.807, 2.05) is 36.4 Å². The fourth-order valence-electron chi connectivity index (χ4n) is 4.69. The summed E-state index contributed by atoms with van der Waals surface area (Å²) in [5.41, 5.74) is 2.34. The molecule has 1 heterocycles. The van der Waals surface area contributed by atoms with E-state index in [4.69, 9.17) is 4.74 Å². The molecule has 1 aromatic heterocycles. The molecule has 0 bridgehead atoms. The Morgan fingerprint density at radius 2 is 1.80 bits per heavy atom. The Morgan fingerprint density at radius 1 is 1.06 bits per heavy atom. The number of fused-ring (bicyclic) bond motifs is 1. The van der Waals surface area contributed by atoms with Crippen molar-refractivity contribution in [3.05, 3.63) is 63.3 Å². The largest absolute Gasteiger partial charge is 0.506 e. The number of hydrogen-bond donors (Lipinski definition) is 3. The number of rotatable bonds is 9. The molecular weight excluding hydrogens is 462 g/mol. The maximum atomic E-state index is 13.0. The SMILES string of the molecule is O=C(OCc1ccccc1)N(CCNC1CCCCCCC1)CCc1ccc(O)c2[nH]c(=O)sc12. The second-order valence-corrected chi connectivity index (χ2v) is 10.2. The molecule has 0 spiro atoms. The number of aromatic nitrogens is 1. The van der Waals surface area contributed by atoms with Crippen molar-refractivity contribution >= 4 is 27.6 Å². The second-order valence-electron chi connectivity index (χ2n) is 9.24. The molecule has 0 aliphatic heterocycles. The summed E-state index contributed by atoms with van der Waals surface area (Å²) in [6.07, 6.45) is 9.08. The summed E-state index contributed by atoms with van der Waals surface area (Å²) < 4.78 is 6.37. The summed E-state index contributed by atoms with van der Waals surface area (Å²) in [7, 11) is 0. The number of carbonyl (C=O) groups excluding carboxylic acids is 1. The maximum absolute atomic E-state index is 13.0. The number of phenols is 1. The molecule has 188 valence electrons. The quantitative estimate of drug-likeness (QED) is 0.379. The summed E-state index contributed by atoms with van der Waals surface area (Å²) in [4.78, 5) is 29.1. The molecular formula is C27H35N3O4S. The number of aromatic hydroxyl groups is 1. The van der Waals surface area contributed by atoms with Gasteiger partial charge in [-0.2, -0.15) is 0 Å². The maximum Gasteiger partial charge on any atom is 0.410 e. The molecule has 0 unspecified atom stereocenters. The molecule has 1 saturated carbocycles. The van der Waals surface area contributed by atoms with Crippen molar-refractivity contribution in [1.29, 1.82) is 0 Å². The normalized spacial score (nSPS) is 15.0. The van der Waals surface area contributed by atoms with E-state index in [1.165, 1.54) is 44.9 Å². The van der Waals surface area contributed by atoms with Gasteiger partial charge in [0.15, 0.2) is 0 Å². The number of aromatic amines is 1. The minimum Gasteiger partial charge on any atom is -0.506 e. The Balaban J connectivity index is 1.39. The number of nitrogens with zero attached hydrogens (tertiary/aromatic N) is 1. The van der Waals surface area contributed by atoms with Crippen LogP contribution in [0.15, 0.2) is 47.3 Å². The lowest BCUT2D eigenvalue weighted by molar-refractivity contribution is 0.0963. The van der Waals surface area contributed by atoms with E-state index in [2.05, 4.69) is 10.3 Å². The van der Waals surface area contributed by atoms with Crippen molar-refractivity contribution in [1.82, 2.24) is 15.2 Å². The Labute approximate surface area is 210 Å². The number of carbonyl (C=O) groups is 1. The van der Waals surface area contributed by atoms with E-state index in [0.717, 1.165) is 27.2 Å². The highest BCUT2D eigenvalue weighted by molar-refractivity contribution is 7.16. The molecule has 1 fully saturated rings. The zero-order valence-electron chi connectivity index (χ0n) is 20.1. The summed E-state index contributed by atoms with van der Waals surface area (Å²) in [5.74, 6) is 0.0598. The minimum atomic E-state index is -0.342. The number of benzene rings is 2. The van der Waals surface area contributed by atoms with Gasteiger partial charge in [-0.3, -0.25) is 4.79 Å². The summed E-state index contributed by atoms with van der Waals surface area (Å²) in [6, 6.07) is 13.6. The van der Waals surface area contributed by atoms with E-state index < -0.39 is 0 Å². The van der Waals surface area contributed by atoms with Gasteiger partial charge >= 0.3 is 11.0 Å². The van der Waals surface area contributed by atoms with Crippen LogP contribution in [0.3, 0.4) is 0 Å². The zero-order chi connectivity index (χ0) is 24.5. The van der Waals surface area contributed by atoms with Crippen LogP contribution in [0, 0.1) is 0 Å². The van der Waals surface area contributed by atoms with Crippen LogP contribution >= 0.6 is 11.3 Å². The molecule has 0 atom stereocenters. The number of thiazole rings is 1. The second kappa shape index (κ2) is 12.7. The van der Waals surface area contributed by atoms with Crippen molar-refractivity contribution in [2.75, 3.05) is 19.6 Å². The number of ether oxygens (including phenoxy) is 1. The van der Waals surface area contributed by atoms with Crippen LogP contribution in [-0.4, -0.2) is 46.8 Å². The third-order valence-corrected chi connectivity index (χ3v) is 7.63. The van der Waals surface area contributed by atoms with Gasteiger partial charge in [0.2, 0.25) is 0 Å². The average molecular weight is 498 g/mol. The van der Waals surface area contributed by atoms with Gasteiger partial charge in [-0.05, 0) is 36.5 Å². The molecule has 0 saturated heterocycles. The van der Waals surface area contributed by atoms with Crippen molar-refractivity contribution in [2.45, 2.75) is 64.0 Å². The molecule has 0 radical (unpaired) electrons. The molecule has 4 rings (SSSR count). The summed E-state index contributed by atoms with van der Waals surface area (Å²) in [6.45, 7) is 1.96. The number of amides is 1. The average Bonchev–Trinajstić information content (AvgIpc) is 3.25. The van der Waals surface area contributed by atoms with Crippen LogP contribution in [0.1, 0.15) is 56.1 Å². The topological polar surface area (TPSA) is 94.7 Å². The lowest BCUT2D eigenvalue weighted by Crippen LogP contribution is -2.41. The molecule has 3 aromatic rings. The first-order valence-corrected chi connectivity index (χ1v) is 13.4. The van der Waals surface area contributed by atoms with Gasteiger partial charge in [0, 0.05) is 25.7 Å². The monoisotopic (exact) mass is 497 g/mol. The van der Waals surface area contributed by atoms with E-state index in [-0.39, 0.29) is 23.3 Å². The predicted molar refractivity (Wildman–Crippen MR) is 140 cm³/mol. The lowest BCUT2D eigenvalue weighted by Gasteiger charge is -2.25. The van der Waals surface area contributed by atoms with Gasteiger partial charge in [-0.25, -0.2) is 4.79 Å². The number of phenolic OH excluding ortho intramolecular Hbond substituents is 1. The Hall–Kier alpha value is -2.84. The first-order chi connectivity index (χ1) is 17.1. The Morgan fingerprint density at radius 3 is 2.57 bits per heavy atom. The minimum absolute atomic E-state index is 0.0598. The van der Waals surface area contributed by atoms with Crippen LogP contribution in [-0.2, 0) is 17.8 Å². The van der Waals surface area contributed by atoms with Crippen LogP contribution in [0.25, 0.3) is 10.2 Å².